The van der Waals surface area contributed by atoms with Crippen molar-refractivity contribution in [2.75, 3.05) is 13.1 Å². The predicted molar refractivity (Wildman–Crippen MR) is 76.2 cm³/mol. The first-order valence-electron chi connectivity index (χ1n) is 6.47. The van der Waals surface area contributed by atoms with E-state index in [1.54, 1.807) is 6.20 Å². The third kappa shape index (κ3) is 3.11. The van der Waals surface area contributed by atoms with Crippen molar-refractivity contribution >= 4 is 22.0 Å². The minimum atomic E-state index is -0.826. The lowest BCUT2D eigenvalue weighted by molar-refractivity contribution is 0.0697. The van der Waals surface area contributed by atoms with Crippen molar-refractivity contribution in [3.05, 3.63) is 16.6 Å². The Balaban J connectivity index is 2.25. The zero-order valence-corrected chi connectivity index (χ0v) is 13.1. The maximum atomic E-state index is 11.2. The van der Waals surface area contributed by atoms with Gasteiger partial charge in [-0.3, -0.25) is 0 Å². The number of carbonyl (C=O) groups is 1. The first kappa shape index (κ1) is 14.4. The highest BCUT2D eigenvalue weighted by molar-refractivity contribution is 9.10. The van der Waals surface area contributed by atoms with Gasteiger partial charge in [0, 0.05) is 19.0 Å². The lowest BCUT2D eigenvalue weighted by atomic mass is 9.69. The highest BCUT2D eigenvalue weighted by Crippen LogP contribution is 2.42. The summed E-state index contributed by atoms with van der Waals surface area (Å²) in [6.07, 6.45) is 1.75. The Bertz CT molecular complexity index is 467. The van der Waals surface area contributed by atoms with Crippen LogP contribution < -0.4 is 0 Å². The molecule has 0 aliphatic carbocycles. The normalized spacial score (nSPS) is 24.5. The number of nitrogens with zero attached hydrogens (tertiary/aromatic N) is 2. The Morgan fingerprint density at radius 2 is 2.26 bits per heavy atom. The SMILES string of the molecule is CC(C)(C)C1CN(C(=O)O)CCC1c1ncc(Br)[nH]1. The van der Waals surface area contributed by atoms with Crippen LogP contribution in [0.15, 0.2) is 10.8 Å². The number of aromatic amines is 1. The summed E-state index contributed by atoms with van der Waals surface area (Å²) in [6, 6.07) is 0. The first-order chi connectivity index (χ1) is 8.79. The van der Waals surface area contributed by atoms with E-state index in [9.17, 15) is 9.90 Å². The van der Waals surface area contributed by atoms with Gasteiger partial charge < -0.3 is 15.0 Å². The number of hydrogen-bond acceptors (Lipinski definition) is 2. The van der Waals surface area contributed by atoms with Gasteiger partial charge in [0.15, 0.2) is 0 Å². The third-order valence-electron chi connectivity index (χ3n) is 3.91. The van der Waals surface area contributed by atoms with Gasteiger partial charge in [0.25, 0.3) is 0 Å². The Hall–Kier alpha value is -1.04. The molecule has 1 amide bonds. The molecule has 106 valence electrons. The van der Waals surface area contributed by atoms with E-state index in [1.165, 1.54) is 4.90 Å². The smallest absolute Gasteiger partial charge is 0.407 e. The lowest BCUT2D eigenvalue weighted by Crippen LogP contribution is -2.46. The summed E-state index contributed by atoms with van der Waals surface area (Å²) in [6.45, 7) is 7.63. The molecular weight excluding hydrogens is 310 g/mol. The molecule has 0 bridgehead atoms. The topological polar surface area (TPSA) is 69.2 Å². The van der Waals surface area contributed by atoms with Crippen LogP contribution in [0, 0.1) is 11.3 Å². The molecule has 2 heterocycles. The summed E-state index contributed by atoms with van der Waals surface area (Å²) < 4.78 is 0.871. The number of H-pyrrole nitrogens is 1. The van der Waals surface area contributed by atoms with Gasteiger partial charge in [-0.05, 0) is 33.7 Å². The van der Waals surface area contributed by atoms with Crippen LogP contribution in [-0.2, 0) is 0 Å². The maximum Gasteiger partial charge on any atom is 0.407 e. The van der Waals surface area contributed by atoms with Gasteiger partial charge in [-0.15, -0.1) is 0 Å². The molecule has 1 fully saturated rings. The molecule has 1 aromatic heterocycles. The Kier molecular flexibility index (Phi) is 3.90. The summed E-state index contributed by atoms with van der Waals surface area (Å²) in [5, 5.41) is 9.18. The molecule has 6 heteroatoms. The highest BCUT2D eigenvalue weighted by Gasteiger charge is 2.40. The van der Waals surface area contributed by atoms with Gasteiger partial charge in [0.1, 0.15) is 10.4 Å². The second kappa shape index (κ2) is 5.15. The number of hydrogen-bond donors (Lipinski definition) is 2. The van der Waals surface area contributed by atoms with E-state index in [0.29, 0.717) is 13.1 Å². The summed E-state index contributed by atoms with van der Waals surface area (Å²) in [4.78, 5) is 20.3. The Morgan fingerprint density at radius 3 is 2.74 bits per heavy atom. The van der Waals surface area contributed by atoms with E-state index in [2.05, 4.69) is 46.7 Å². The van der Waals surface area contributed by atoms with Crippen LogP contribution in [0.25, 0.3) is 0 Å². The van der Waals surface area contributed by atoms with Crippen molar-refractivity contribution in [3.8, 4) is 0 Å². The molecule has 2 unspecified atom stereocenters. The molecule has 5 nitrogen and oxygen atoms in total. The molecule has 2 rings (SSSR count). The molecule has 0 radical (unpaired) electrons. The van der Waals surface area contributed by atoms with Gasteiger partial charge in [0.2, 0.25) is 0 Å². The monoisotopic (exact) mass is 329 g/mol. The van der Waals surface area contributed by atoms with E-state index in [0.717, 1.165) is 16.8 Å². The van der Waals surface area contributed by atoms with Gasteiger partial charge in [-0.1, -0.05) is 20.8 Å². The van der Waals surface area contributed by atoms with Crippen molar-refractivity contribution in [3.63, 3.8) is 0 Å². The zero-order chi connectivity index (χ0) is 14.2. The summed E-state index contributed by atoms with van der Waals surface area (Å²) in [5.74, 6) is 1.49. The number of carboxylic acid groups (broad SMARTS) is 1. The summed E-state index contributed by atoms with van der Waals surface area (Å²) in [5.41, 5.74) is 0.0397. The molecule has 0 aromatic carbocycles. The summed E-state index contributed by atoms with van der Waals surface area (Å²) >= 11 is 3.38. The third-order valence-corrected chi connectivity index (χ3v) is 4.31. The molecular formula is C13H20BrN3O2. The fourth-order valence-corrected chi connectivity index (χ4v) is 3.14. The number of halogens is 1. The summed E-state index contributed by atoms with van der Waals surface area (Å²) in [7, 11) is 0. The van der Waals surface area contributed by atoms with E-state index in [-0.39, 0.29) is 17.3 Å². The molecule has 2 atom stereocenters. The van der Waals surface area contributed by atoms with Crippen LogP contribution in [0.2, 0.25) is 0 Å². The van der Waals surface area contributed by atoms with Crippen LogP contribution in [-0.4, -0.2) is 39.2 Å². The molecule has 1 aliphatic heterocycles. The molecule has 2 N–H and O–H groups in total. The fraction of sp³-hybridized carbons (Fsp3) is 0.692. The molecule has 0 saturated carbocycles. The average molecular weight is 330 g/mol. The van der Waals surface area contributed by atoms with E-state index in [1.807, 2.05) is 0 Å². The number of likely N-dealkylation sites (tertiary alicyclic amines) is 1. The van der Waals surface area contributed by atoms with Crippen LogP contribution >= 0.6 is 15.9 Å². The molecule has 1 aromatic rings. The van der Waals surface area contributed by atoms with Crippen molar-refractivity contribution in [2.24, 2.45) is 11.3 Å². The van der Waals surface area contributed by atoms with Crippen LogP contribution in [0.5, 0.6) is 0 Å². The molecule has 19 heavy (non-hydrogen) atoms. The van der Waals surface area contributed by atoms with Gasteiger partial charge in [-0.25, -0.2) is 9.78 Å². The van der Waals surface area contributed by atoms with Crippen molar-refractivity contribution < 1.29 is 9.90 Å². The predicted octanol–water partition coefficient (Wildman–Crippen LogP) is 3.30. The fourth-order valence-electron chi connectivity index (χ4n) is 2.83. The second-order valence-corrected chi connectivity index (χ2v) is 7.07. The lowest BCUT2D eigenvalue weighted by Gasteiger charge is -2.43. The highest BCUT2D eigenvalue weighted by atomic mass is 79.9. The minimum Gasteiger partial charge on any atom is -0.465 e. The largest absolute Gasteiger partial charge is 0.465 e. The molecule has 1 saturated heterocycles. The van der Waals surface area contributed by atoms with Crippen molar-refractivity contribution in [1.29, 1.82) is 0 Å². The van der Waals surface area contributed by atoms with Gasteiger partial charge in [0.05, 0.1) is 6.20 Å². The van der Waals surface area contributed by atoms with Gasteiger partial charge >= 0.3 is 6.09 Å². The van der Waals surface area contributed by atoms with E-state index in [4.69, 9.17) is 0 Å². The van der Waals surface area contributed by atoms with Crippen molar-refractivity contribution in [2.45, 2.75) is 33.1 Å². The number of rotatable bonds is 1. The van der Waals surface area contributed by atoms with Crippen LogP contribution in [0.3, 0.4) is 0 Å². The quantitative estimate of drug-likeness (QED) is 0.830. The van der Waals surface area contributed by atoms with Crippen molar-refractivity contribution in [1.82, 2.24) is 14.9 Å². The van der Waals surface area contributed by atoms with E-state index >= 15 is 0 Å². The number of nitrogens with one attached hydrogen (secondary N) is 1. The van der Waals surface area contributed by atoms with Crippen LogP contribution in [0.1, 0.15) is 38.9 Å². The number of aromatic nitrogens is 2. The number of imidazole rings is 1. The second-order valence-electron chi connectivity index (χ2n) is 6.21. The standard InChI is InChI=1S/C13H20BrN3O2/c1-13(2,3)9-7-17(12(18)19)5-4-8(9)11-15-6-10(14)16-11/h6,8-9H,4-5,7H2,1-3H3,(H,15,16)(H,18,19). The maximum absolute atomic E-state index is 11.2. The Labute approximate surface area is 121 Å². The Morgan fingerprint density at radius 1 is 1.58 bits per heavy atom. The number of amides is 1. The zero-order valence-electron chi connectivity index (χ0n) is 11.5. The average Bonchev–Trinajstić information content (AvgIpc) is 2.73. The van der Waals surface area contributed by atoms with Crippen LogP contribution in [0.4, 0.5) is 4.79 Å². The molecule has 0 spiro atoms. The minimum absolute atomic E-state index is 0.0397. The molecule has 1 aliphatic rings. The first-order valence-corrected chi connectivity index (χ1v) is 7.26. The van der Waals surface area contributed by atoms with E-state index < -0.39 is 6.09 Å². The van der Waals surface area contributed by atoms with Gasteiger partial charge in [-0.2, -0.15) is 0 Å². The number of piperidine rings is 1.